The lowest BCUT2D eigenvalue weighted by Crippen LogP contribution is -2.01. The van der Waals surface area contributed by atoms with E-state index in [1.807, 2.05) is 18.2 Å². The zero-order chi connectivity index (χ0) is 16.2. The van der Waals surface area contributed by atoms with Crippen LogP contribution >= 0.6 is 35.3 Å². The highest BCUT2D eigenvalue weighted by Crippen LogP contribution is 2.50. The molecule has 1 unspecified atom stereocenters. The van der Waals surface area contributed by atoms with Crippen molar-refractivity contribution in [3.05, 3.63) is 52.6 Å². The highest BCUT2D eigenvalue weighted by molar-refractivity contribution is 9.10. The van der Waals surface area contributed by atoms with Gasteiger partial charge in [0.1, 0.15) is 5.75 Å². The van der Waals surface area contributed by atoms with Gasteiger partial charge in [-0.25, -0.2) is 9.55 Å². The third-order valence-corrected chi connectivity index (χ3v) is 5.08. The number of benzene rings is 1. The summed E-state index contributed by atoms with van der Waals surface area (Å²) in [6.07, 6.45) is -1.75. The minimum absolute atomic E-state index is 0.0993. The summed E-state index contributed by atoms with van der Waals surface area (Å²) in [4.78, 5) is 13.2. The Morgan fingerprint density at radius 1 is 1.36 bits per heavy atom. The number of hydrogen-bond donors (Lipinski definition) is 1. The van der Waals surface area contributed by atoms with Crippen LogP contribution < -0.4 is 4.52 Å². The minimum Gasteiger partial charge on any atom is -0.420 e. The van der Waals surface area contributed by atoms with Crippen LogP contribution in [0, 0.1) is 0 Å². The third-order valence-electron chi connectivity index (χ3n) is 2.50. The molecule has 4 nitrogen and oxygen atoms in total. The van der Waals surface area contributed by atoms with E-state index < -0.39 is 13.8 Å². The summed E-state index contributed by atoms with van der Waals surface area (Å²) in [5.41, 5.74) is 0.889. The monoisotopic (exact) mass is 409 g/mol. The van der Waals surface area contributed by atoms with E-state index in [2.05, 4.69) is 25.4 Å². The van der Waals surface area contributed by atoms with E-state index in [9.17, 15) is 13.3 Å². The number of hydrogen-bond acceptors (Lipinski definition) is 4. The van der Waals surface area contributed by atoms with Gasteiger partial charge < -0.3 is 9.42 Å². The number of aromatic nitrogens is 1. The molecule has 0 spiro atoms. The Balaban J connectivity index is 2.05. The van der Waals surface area contributed by atoms with Gasteiger partial charge >= 0.3 is 13.8 Å². The molecule has 0 saturated heterocycles. The van der Waals surface area contributed by atoms with Crippen molar-refractivity contribution >= 4 is 35.3 Å². The first-order valence-electron chi connectivity index (χ1n) is 6.01. The fourth-order valence-electron chi connectivity index (χ4n) is 1.48. The molecule has 0 bridgehead atoms. The van der Waals surface area contributed by atoms with E-state index in [1.54, 1.807) is 18.3 Å². The van der Waals surface area contributed by atoms with Gasteiger partial charge in [0.05, 0.1) is 9.50 Å². The number of rotatable bonds is 6. The third kappa shape index (κ3) is 4.78. The molecule has 0 fully saturated rings. The van der Waals surface area contributed by atoms with Crippen LogP contribution in [0.4, 0.5) is 8.78 Å². The molecule has 0 aliphatic rings. The molecule has 1 aromatic carbocycles. The summed E-state index contributed by atoms with van der Waals surface area (Å²) in [5.74, 6) is 0.513. The van der Waals surface area contributed by atoms with Crippen molar-refractivity contribution in [2.24, 2.45) is 0 Å². The minimum atomic E-state index is -4.97. The fraction of sp³-hybridized carbons (Fsp3) is 0.154. The van der Waals surface area contributed by atoms with Crippen molar-refractivity contribution in [3.63, 3.8) is 0 Å². The molecular formula is C13H11BrF2NO3PS. The molecule has 2 aromatic rings. The summed E-state index contributed by atoms with van der Waals surface area (Å²) < 4.78 is 40.7. The molecule has 22 heavy (non-hydrogen) atoms. The summed E-state index contributed by atoms with van der Waals surface area (Å²) in [5, 5.41) is 0.858. The Morgan fingerprint density at radius 3 is 2.73 bits per heavy atom. The normalized spacial score (nSPS) is 13.9. The van der Waals surface area contributed by atoms with Crippen molar-refractivity contribution in [1.82, 2.24) is 4.98 Å². The smallest absolute Gasteiger partial charge is 0.420 e. The molecule has 1 aromatic heterocycles. The van der Waals surface area contributed by atoms with Crippen molar-refractivity contribution in [2.45, 2.75) is 16.9 Å². The van der Waals surface area contributed by atoms with Crippen LogP contribution in [0.5, 0.6) is 5.75 Å². The Morgan fingerprint density at radius 2 is 2.14 bits per heavy atom. The Kier molecular flexibility index (Phi) is 5.97. The SMILES string of the molecule is O=P(O)(Oc1ccc(CSc2ccccn2)cc1Br)C(F)F. The van der Waals surface area contributed by atoms with E-state index >= 15 is 0 Å². The average molecular weight is 410 g/mol. The Labute approximate surface area is 138 Å². The number of pyridine rings is 1. The van der Waals surface area contributed by atoms with Crippen molar-refractivity contribution in [2.75, 3.05) is 0 Å². The van der Waals surface area contributed by atoms with Gasteiger partial charge in [0.15, 0.2) is 0 Å². The van der Waals surface area contributed by atoms with Gasteiger partial charge in [-0.05, 0) is 45.8 Å². The molecule has 0 aliphatic heterocycles. The maximum atomic E-state index is 12.4. The van der Waals surface area contributed by atoms with Gasteiger partial charge in [-0.3, -0.25) is 0 Å². The predicted octanol–water partition coefficient (Wildman–Crippen LogP) is 4.92. The van der Waals surface area contributed by atoms with E-state index in [0.29, 0.717) is 10.2 Å². The molecular weight excluding hydrogens is 399 g/mol. The van der Waals surface area contributed by atoms with Crippen LogP contribution in [0.3, 0.4) is 0 Å². The van der Waals surface area contributed by atoms with E-state index in [0.717, 1.165) is 10.6 Å². The fourth-order valence-corrected chi connectivity index (χ4v) is 3.44. The number of alkyl halides is 2. The van der Waals surface area contributed by atoms with Crippen LogP contribution in [-0.2, 0) is 10.3 Å². The lowest BCUT2D eigenvalue weighted by atomic mass is 10.2. The van der Waals surface area contributed by atoms with Gasteiger partial charge in [0.25, 0.3) is 0 Å². The first kappa shape index (κ1) is 17.4. The highest BCUT2D eigenvalue weighted by atomic mass is 79.9. The zero-order valence-electron chi connectivity index (χ0n) is 11.0. The van der Waals surface area contributed by atoms with Crippen LogP contribution in [0.15, 0.2) is 52.1 Å². The van der Waals surface area contributed by atoms with Crippen LogP contribution in [0.2, 0.25) is 0 Å². The van der Waals surface area contributed by atoms with Crippen LogP contribution in [-0.4, -0.2) is 16.0 Å². The molecule has 1 heterocycles. The number of thioether (sulfide) groups is 1. The largest absolute Gasteiger partial charge is 0.442 e. The van der Waals surface area contributed by atoms with Gasteiger partial charge in [0, 0.05) is 11.9 Å². The molecule has 0 amide bonds. The lowest BCUT2D eigenvalue weighted by Gasteiger charge is -2.14. The van der Waals surface area contributed by atoms with E-state index in [-0.39, 0.29) is 5.75 Å². The van der Waals surface area contributed by atoms with Gasteiger partial charge in [-0.2, -0.15) is 8.78 Å². The standard InChI is InChI=1S/C13H11BrF2NO3PS/c14-10-7-9(8-22-12-3-1-2-6-17-12)4-5-11(10)20-21(18,19)13(15)16/h1-7,13H,8H2,(H,18,19). The van der Waals surface area contributed by atoms with Crippen LogP contribution in [0.1, 0.15) is 5.56 Å². The van der Waals surface area contributed by atoms with E-state index in [1.165, 1.54) is 17.8 Å². The van der Waals surface area contributed by atoms with Crippen molar-refractivity contribution in [1.29, 1.82) is 0 Å². The first-order chi connectivity index (χ1) is 10.4. The molecule has 118 valence electrons. The summed E-state index contributed by atoms with van der Waals surface area (Å²) >= 11 is 4.66. The molecule has 0 aliphatic carbocycles. The highest BCUT2D eigenvalue weighted by Gasteiger charge is 2.34. The maximum absolute atomic E-state index is 12.4. The van der Waals surface area contributed by atoms with Gasteiger partial charge in [-0.1, -0.05) is 12.1 Å². The predicted molar refractivity (Wildman–Crippen MR) is 84.4 cm³/mol. The van der Waals surface area contributed by atoms with Gasteiger partial charge in [0.2, 0.25) is 0 Å². The summed E-state index contributed by atoms with van der Waals surface area (Å²) in [6, 6.07) is 10.2. The number of halogens is 3. The average Bonchev–Trinajstić information content (AvgIpc) is 2.48. The summed E-state index contributed by atoms with van der Waals surface area (Å²) in [7, 11) is -4.97. The number of nitrogens with zero attached hydrogens (tertiary/aromatic N) is 1. The molecule has 0 radical (unpaired) electrons. The Bertz CT molecular complexity index is 690. The summed E-state index contributed by atoms with van der Waals surface area (Å²) in [6.45, 7) is 0. The molecule has 1 atom stereocenters. The Hall–Kier alpha value is -0.950. The van der Waals surface area contributed by atoms with Crippen molar-refractivity contribution in [3.8, 4) is 5.75 Å². The second kappa shape index (κ2) is 7.55. The first-order valence-corrected chi connectivity index (χ1v) is 9.43. The van der Waals surface area contributed by atoms with E-state index in [4.69, 9.17) is 4.89 Å². The maximum Gasteiger partial charge on any atom is 0.442 e. The molecule has 0 saturated carbocycles. The molecule has 9 heteroatoms. The topological polar surface area (TPSA) is 59.4 Å². The quantitative estimate of drug-likeness (QED) is 0.541. The zero-order valence-corrected chi connectivity index (χ0v) is 14.3. The second-order valence-electron chi connectivity index (χ2n) is 4.15. The van der Waals surface area contributed by atoms with Crippen LogP contribution in [0.25, 0.3) is 0 Å². The van der Waals surface area contributed by atoms with Gasteiger partial charge in [-0.15, -0.1) is 11.8 Å². The molecule has 2 rings (SSSR count). The molecule has 1 N–H and O–H groups in total. The van der Waals surface area contributed by atoms with Crippen molar-refractivity contribution < 1.29 is 22.8 Å². The lowest BCUT2D eigenvalue weighted by molar-refractivity contribution is 0.188. The second-order valence-corrected chi connectivity index (χ2v) is 7.71.